The van der Waals surface area contributed by atoms with Gasteiger partial charge in [-0.2, -0.15) is 8.42 Å². The lowest BCUT2D eigenvalue weighted by Gasteiger charge is -2.19. The van der Waals surface area contributed by atoms with E-state index in [0.29, 0.717) is 35.7 Å². The Hall–Kier alpha value is -2.35. The van der Waals surface area contributed by atoms with Crippen molar-refractivity contribution < 1.29 is 17.7 Å². The monoisotopic (exact) mass is 335 g/mol. The molecule has 23 heavy (non-hydrogen) atoms. The van der Waals surface area contributed by atoms with Crippen molar-refractivity contribution in [3.8, 4) is 0 Å². The Labute approximate surface area is 134 Å². The lowest BCUT2D eigenvalue weighted by atomic mass is 10.1. The number of hydrogen-bond donors (Lipinski definition) is 1. The topological polar surface area (TPSA) is 92.5 Å². The molecule has 0 saturated carbocycles. The van der Waals surface area contributed by atoms with E-state index in [-0.39, 0.29) is 6.42 Å². The molecule has 7 nitrogen and oxygen atoms in total. The van der Waals surface area contributed by atoms with Crippen molar-refractivity contribution in [1.29, 1.82) is 0 Å². The zero-order chi connectivity index (χ0) is 16.6. The van der Waals surface area contributed by atoms with Crippen LogP contribution < -0.4 is 9.03 Å². The summed E-state index contributed by atoms with van der Waals surface area (Å²) < 4.78 is 33.3. The minimum absolute atomic E-state index is 0.0874. The molecule has 1 aromatic heterocycles. The Morgan fingerprint density at radius 1 is 1.35 bits per heavy atom. The third kappa shape index (κ3) is 2.94. The van der Waals surface area contributed by atoms with Crippen LogP contribution in [0.25, 0.3) is 0 Å². The van der Waals surface area contributed by atoms with E-state index in [0.717, 1.165) is 5.56 Å². The second kappa shape index (κ2) is 5.69. The van der Waals surface area contributed by atoms with Crippen LogP contribution in [0.5, 0.6) is 0 Å². The van der Waals surface area contributed by atoms with Crippen LogP contribution in [0.3, 0.4) is 0 Å². The summed E-state index contributed by atoms with van der Waals surface area (Å²) in [6.07, 6.45) is 0.547. The van der Waals surface area contributed by atoms with Crippen molar-refractivity contribution in [3.05, 3.63) is 46.8 Å². The Bertz CT molecular complexity index is 838. The molecule has 2 aromatic rings. The molecule has 0 fully saturated rings. The van der Waals surface area contributed by atoms with Gasteiger partial charge in [-0.05, 0) is 31.9 Å². The van der Waals surface area contributed by atoms with Crippen molar-refractivity contribution in [2.75, 3.05) is 10.8 Å². The van der Waals surface area contributed by atoms with E-state index in [1.54, 1.807) is 26.0 Å². The number of rotatable bonds is 4. The number of nitrogens with one attached hydrogen (secondary N) is 1. The first-order valence-corrected chi connectivity index (χ1v) is 8.65. The highest BCUT2D eigenvalue weighted by atomic mass is 32.2. The first-order chi connectivity index (χ1) is 10.9. The second-order valence-electron chi connectivity index (χ2n) is 5.46. The van der Waals surface area contributed by atoms with E-state index in [2.05, 4.69) is 9.88 Å². The van der Waals surface area contributed by atoms with E-state index in [9.17, 15) is 13.2 Å². The van der Waals surface area contributed by atoms with Gasteiger partial charge >= 0.3 is 10.2 Å². The second-order valence-corrected chi connectivity index (χ2v) is 7.06. The molecule has 1 aliphatic rings. The highest BCUT2D eigenvalue weighted by molar-refractivity contribution is 7.91. The molecule has 3 rings (SSSR count). The average molecular weight is 335 g/mol. The Kier molecular flexibility index (Phi) is 3.85. The summed E-state index contributed by atoms with van der Waals surface area (Å²) in [7, 11) is -3.92. The molecule has 0 spiro atoms. The molecule has 122 valence electrons. The molecule has 0 saturated heterocycles. The van der Waals surface area contributed by atoms with Crippen molar-refractivity contribution >= 4 is 21.8 Å². The zero-order valence-corrected chi connectivity index (χ0v) is 13.7. The van der Waals surface area contributed by atoms with Gasteiger partial charge in [-0.15, -0.1) is 0 Å². The van der Waals surface area contributed by atoms with Crippen LogP contribution in [0, 0.1) is 13.8 Å². The van der Waals surface area contributed by atoms with Crippen LogP contribution in [-0.4, -0.2) is 26.0 Å². The van der Waals surface area contributed by atoms with Crippen LogP contribution in [-0.2, 0) is 27.8 Å². The number of carbonyl (C=O) groups excluding carboxylic acids is 1. The number of amides is 1. The SMILES string of the molecule is Cc1noc(C)c1CC(=O)NS(=O)(=O)N1CCc2ccccc21. The number of benzene rings is 1. The van der Waals surface area contributed by atoms with Gasteiger partial charge in [-0.25, -0.2) is 4.72 Å². The van der Waals surface area contributed by atoms with Gasteiger partial charge in [0.2, 0.25) is 5.91 Å². The molecule has 1 aliphatic heterocycles. The molecule has 0 radical (unpaired) electrons. The Morgan fingerprint density at radius 2 is 2.09 bits per heavy atom. The quantitative estimate of drug-likeness (QED) is 0.908. The van der Waals surface area contributed by atoms with Crippen LogP contribution in [0.2, 0.25) is 0 Å². The number of anilines is 1. The third-order valence-electron chi connectivity index (χ3n) is 3.90. The van der Waals surface area contributed by atoms with Gasteiger partial charge in [-0.1, -0.05) is 23.4 Å². The van der Waals surface area contributed by atoms with E-state index in [1.165, 1.54) is 4.31 Å². The van der Waals surface area contributed by atoms with Crippen LogP contribution in [0.4, 0.5) is 5.69 Å². The predicted octanol–water partition coefficient (Wildman–Crippen LogP) is 1.26. The molecule has 0 aliphatic carbocycles. The van der Waals surface area contributed by atoms with E-state index >= 15 is 0 Å². The van der Waals surface area contributed by atoms with Gasteiger partial charge in [-0.3, -0.25) is 9.10 Å². The minimum atomic E-state index is -3.92. The average Bonchev–Trinajstić information content (AvgIpc) is 3.06. The minimum Gasteiger partial charge on any atom is -0.361 e. The number of nitrogens with zero attached hydrogens (tertiary/aromatic N) is 2. The summed E-state index contributed by atoms with van der Waals surface area (Å²) in [5, 5.41) is 3.76. The maximum Gasteiger partial charge on any atom is 0.326 e. The Morgan fingerprint density at radius 3 is 2.78 bits per heavy atom. The molecular formula is C15H17N3O4S. The number of aromatic nitrogens is 1. The molecule has 1 N–H and O–H groups in total. The smallest absolute Gasteiger partial charge is 0.326 e. The highest BCUT2D eigenvalue weighted by Crippen LogP contribution is 2.29. The summed E-state index contributed by atoms with van der Waals surface area (Å²) >= 11 is 0. The van der Waals surface area contributed by atoms with E-state index < -0.39 is 16.1 Å². The number of hydrogen-bond acceptors (Lipinski definition) is 5. The molecule has 0 atom stereocenters. The molecular weight excluding hydrogens is 318 g/mol. The van der Waals surface area contributed by atoms with Crippen molar-refractivity contribution in [2.45, 2.75) is 26.7 Å². The van der Waals surface area contributed by atoms with Gasteiger partial charge < -0.3 is 4.52 Å². The highest BCUT2D eigenvalue weighted by Gasteiger charge is 2.30. The maximum atomic E-state index is 12.5. The Balaban J connectivity index is 1.76. The first-order valence-electron chi connectivity index (χ1n) is 7.21. The van der Waals surface area contributed by atoms with Crippen LogP contribution in [0.1, 0.15) is 22.6 Å². The molecule has 1 aromatic carbocycles. The van der Waals surface area contributed by atoms with Crippen LogP contribution in [0.15, 0.2) is 28.8 Å². The molecule has 1 amide bonds. The number of fused-ring (bicyclic) bond motifs is 1. The van der Waals surface area contributed by atoms with Crippen molar-refractivity contribution in [1.82, 2.24) is 9.88 Å². The number of para-hydroxylation sites is 1. The number of aryl methyl sites for hydroxylation is 2. The van der Waals surface area contributed by atoms with E-state index in [4.69, 9.17) is 4.52 Å². The van der Waals surface area contributed by atoms with Crippen molar-refractivity contribution in [3.63, 3.8) is 0 Å². The normalized spacial score (nSPS) is 13.9. The van der Waals surface area contributed by atoms with Gasteiger partial charge in [0.25, 0.3) is 0 Å². The standard InChI is InChI=1S/C15H17N3O4S/c1-10-13(11(2)22-16-10)9-15(19)17-23(20,21)18-8-7-12-5-3-4-6-14(12)18/h3-6H,7-9H2,1-2H3,(H,17,19). The summed E-state index contributed by atoms with van der Waals surface area (Å²) in [4.78, 5) is 12.1. The van der Waals surface area contributed by atoms with Gasteiger partial charge in [0, 0.05) is 12.1 Å². The summed E-state index contributed by atoms with van der Waals surface area (Å²) in [6.45, 7) is 3.73. The fraction of sp³-hybridized carbons (Fsp3) is 0.333. The fourth-order valence-corrected chi connectivity index (χ4v) is 3.95. The predicted molar refractivity (Wildman–Crippen MR) is 84.2 cm³/mol. The molecule has 8 heteroatoms. The lowest BCUT2D eigenvalue weighted by Crippen LogP contribution is -2.43. The maximum absolute atomic E-state index is 12.5. The van der Waals surface area contributed by atoms with Crippen molar-refractivity contribution in [2.24, 2.45) is 0 Å². The van der Waals surface area contributed by atoms with Gasteiger partial charge in [0.1, 0.15) is 5.76 Å². The first kappa shape index (κ1) is 15.5. The summed E-state index contributed by atoms with van der Waals surface area (Å²) in [5.41, 5.74) is 2.77. The lowest BCUT2D eigenvalue weighted by molar-refractivity contribution is -0.118. The van der Waals surface area contributed by atoms with Crippen LogP contribution >= 0.6 is 0 Å². The molecule has 2 heterocycles. The number of carbonyl (C=O) groups is 1. The largest absolute Gasteiger partial charge is 0.361 e. The fourth-order valence-electron chi connectivity index (χ4n) is 2.71. The van der Waals surface area contributed by atoms with Gasteiger partial charge in [0.05, 0.1) is 17.8 Å². The molecule has 0 bridgehead atoms. The van der Waals surface area contributed by atoms with Gasteiger partial charge in [0.15, 0.2) is 0 Å². The molecule has 0 unspecified atom stereocenters. The van der Waals surface area contributed by atoms with E-state index in [1.807, 2.05) is 12.1 Å². The summed E-state index contributed by atoms with van der Waals surface area (Å²) in [5.74, 6) is -0.0923. The zero-order valence-electron chi connectivity index (χ0n) is 12.9. The summed E-state index contributed by atoms with van der Waals surface area (Å²) in [6, 6.07) is 7.26. The third-order valence-corrected chi connectivity index (χ3v) is 5.34.